The maximum absolute atomic E-state index is 13.2. The molecule has 1 saturated heterocycles. The van der Waals surface area contributed by atoms with Crippen LogP contribution in [-0.2, 0) is 27.4 Å². The molecule has 1 aliphatic rings. The van der Waals surface area contributed by atoms with Gasteiger partial charge in [0.15, 0.2) is 15.0 Å². The van der Waals surface area contributed by atoms with Gasteiger partial charge in [-0.3, -0.25) is 4.79 Å². The monoisotopic (exact) mass is 491 g/mol. The third kappa shape index (κ3) is 5.78. The fourth-order valence-electron chi connectivity index (χ4n) is 3.91. The number of carbonyl (C=O) groups is 1. The van der Waals surface area contributed by atoms with E-state index in [4.69, 9.17) is 0 Å². The average molecular weight is 492 g/mol. The fourth-order valence-corrected chi connectivity index (χ4v) is 6.56. The van der Waals surface area contributed by atoms with E-state index in [1.54, 1.807) is 9.47 Å². The Balaban J connectivity index is 1.83. The van der Waals surface area contributed by atoms with Crippen LogP contribution in [0, 0.1) is 5.92 Å². The van der Waals surface area contributed by atoms with E-state index in [9.17, 15) is 26.4 Å². The zero-order valence-corrected chi connectivity index (χ0v) is 20.0. The van der Waals surface area contributed by atoms with Gasteiger partial charge in [0.05, 0.1) is 33.9 Å². The Labute approximate surface area is 190 Å². The molecule has 2 heterocycles. The van der Waals surface area contributed by atoms with Crippen LogP contribution in [0.4, 0.5) is 13.2 Å². The number of imidazole rings is 1. The highest BCUT2D eigenvalue weighted by molar-refractivity contribution is 7.99. The summed E-state index contributed by atoms with van der Waals surface area (Å²) in [5.74, 6) is 0.0998. The molecular formula is C21H28F3N3O3S2. The summed E-state index contributed by atoms with van der Waals surface area (Å²) in [5, 5.41) is 0.484. The highest BCUT2D eigenvalue weighted by Crippen LogP contribution is 2.33. The van der Waals surface area contributed by atoms with E-state index in [0.29, 0.717) is 42.1 Å². The molecule has 0 spiro atoms. The number of nitrogens with zero attached hydrogens (tertiary/aromatic N) is 3. The third-order valence-corrected chi connectivity index (χ3v) is 8.06. The van der Waals surface area contributed by atoms with E-state index < -0.39 is 21.6 Å². The largest absolute Gasteiger partial charge is 0.416 e. The highest BCUT2D eigenvalue weighted by Gasteiger charge is 2.35. The summed E-state index contributed by atoms with van der Waals surface area (Å²) in [6, 6.07) is 3.12. The van der Waals surface area contributed by atoms with Crippen LogP contribution in [0.1, 0.15) is 39.2 Å². The van der Waals surface area contributed by atoms with Gasteiger partial charge in [-0.15, -0.1) is 0 Å². The molecule has 3 rings (SSSR count). The number of rotatable bonds is 8. The molecule has 0 bridgehead atoms. The van der Waals surface area contributed by atoms with Crippen molar-refractivity contribution in [3.05, 3.63) is 23.8 Å². The first kappa shape index (κ1) is 24.9. The number of hydrogen-bond donors (Lipinski definition) is 0. The standard InChI is InChI=1S/C21H28F3N3O3S2/c1-4-8-26-18-10-15(21(22,23)24)5-6-17(18)25-20(26)31-12-19(28)27(11-14(2)3)16-7-9-32(29,30)13-16/h5-6,10,14,16H,4,7-9,11-13H2,1-3H3/t16-/m1/s1. The third-order valence-electron chi connectivity index (χ3n) is 5.34. The molecule has 0 N–H and O–H groups in total. The first-order valence-electron chi connectivity index (χ1n) is 10.6. The lowest BCUT2D eigenvalue weighted by Crippen LogP contribution is -2.44. The lowest BCUT2D eigenvalue weighted by atomic mass is 10.1. The van der Waals surface area contributed by atoms with Crippen molar-refractivity contribution in [1.29, 1.82) is 0 Å². The summed E-state index contributed by atoms with van der Waals surface area (Å²) >= 11 is 1.18. The average Bonchev–Trinajstić information content (AvgIpc) is 3.23. The second kappa shape index (κ2) is 9.62. The number of fused-ring (bicyclic) bond motifs is 1. The molecule has 0 saturated carbocycles. The number of sulfone groups is 1. The molecule has 0 radical (unpaired) electrons. The number of aromatic nitrogens is 2. The molecule has 1 aliphatic heterocycles. The van der Waals surface area contributed by atoms with Crippen LogP contribution in [0.15, 0.2) is 23.4 Å². The van der Waals surface area contributed by atoms with Crippen LogP contribution in [0.5, 0.6) is 0 Å². The zero-order chi connectivity index (χ0) is 23.7. The summed E-state index contributed by atoms with van der Waals surface area (Å²) < 4.78 is 65.0. The zero-order valence-electron chi connectivity index (χ0n) is 18.4. The highest BCUT2D eigenvalue weighted by atomic mass is 32.2. The van der Waals surface area contributed by atoms with Gasteiger partial charge in [0.1, 0.15) is 0 Å². The van der Waals surface area contributed by atoms with Crippen LogP contribution < -0.4 is 0 Å². The molecule has 1 aromatic heterocycles. The molecule has 1 amide bonds. The van der Waals surface area contributed by atoms with E-state index in [-0.39, 0.29) is 35.1 Å². The number of halogens is 3. The predicted octanol–water partition coefficient (Wildman–Crippen LogP) is 4.23. The van der Waals surface area contributed by atoms with Gasteiger partial charge in [0, 0.05) is 19.1 Å². The van der Waals surface area contributed by atoms with E-state index in [2.05, 4.69) is 4.98 Å². The van der Waals surface area contributed by atoms with Crippen molar-refractivity contribution in [2.75, 3.05) is 23.8 Å². The molecule has 178 valence electrons. The Morgan fingerprint density at radius 1 is 1.34 bits per heavy atom. The Bertz CT molecular complexity index is 1080. The fraction of sp³-hybridized carbons (Fsp3) is 0.619. The molecule has 2 aromatic rings. The Morgan fingerprint density at radius 3 is 2.62 bits per heavy atom. The van der Waals surface area contributed by atoms with Gasteiger partial charge >= 0.3 is 6.18 Å². The summed E-state index contributed by atoms with van der Waals surface area (Å²) in [4.78, 5) is 19.2. The van der Waals surface area contributed by atoms with Gasteiger partial charge in [-0.1, -0.05) is 32.5 Å². The normalized spacial score (nSPS) is 18.5. The minimum absolute atomic E-state index is 0.0231. The van der Waals surface area contributed by atoms with Gasteiger partial charge < -0.3 is 9.47 Å². The molecule has 32 heavy (non-hydrogen) atoms. The number of amides is 1. The number of benzene rings is 1. The van der Waals surface area contributed by atoms with Gasteiger partial charge in [0.2, 0.25) is 5.91 Å². The number of aryl methyl sites for hydroxylation is 1. The number of carbonyl (C=O) groups excluding carboxylic acids is 1. The Kier molecular flexibility index (Phi) is 7.48. The van der Waals surface area contributed by atoms with E-state index in [1.807, 2.05) is 20.8 Å². The van der Waals surface area contributed by atoms with Crippen molar-refractivity contribution in [3.63, 3.8) is 0 Å². The molecule has 1 fully saturated rings. The van der Waals surface area contributed by atoms with Crippen molar-refractivity contribution in [3.8, 4) is 0 Å². The molecule has 1 atom stereocenters. The summed E-state index contributed by atoms with van der Waals surface area (Å²) in [6.45, 7) is 6.79. The van der Waals surface area contributed by atoms with Crippen molar-refractivity contribution in [2.45, 2.75) is 57.5 Å². The smallest absolute Gasteiger partial charge is 0.338 e. The van der Waals surface area contributed by atoms with Crippen LogP contribution in [-0.4, -0.2) is 58.6 Å². The Hall–Kier alpha value is -1.75. The summed E-state index contributed by atoms with van der Waals surface area (Å²) in [6.07, 6.45) is -3.32. The summed E-state index contributed by atoms with van der Waals surface area (Å²) in [5.41, 5.74) is 0.0975. The maximum Gasteiger partial charge on any atom is 0.416 e. The quantitative estimate of drug-likeness (QED) is 0.517. The first-order valence-corrected chi connectivity index (χ1v) is 13.4. The number of thioether (sulfide) groups is 1. The van der Waals surface area contributed by atoms with Crippen LogP contribution in [0.25, 0.3) is 11.0 Å². The van der Waals surface area contributed by atoms with Gasteiger partial charge in [-0.05, 0) is 37.0 Å². The Morgan fingerprint density at radius 2 is 2.06 bits per heavy atom. The SMILES string of the molecule is CCCn1c(SCC(=O)N(CC(C)C)[C@@H]2CCS(=O)(=O)C2)nc2ccc(C(F)(F)F)cc21. The van der Waals surface area contributed by atoms with Crippen LogP contribution >= 0.6 is 11.8 Å². The molecule has 11 heteroatoms. The van der Waals surface area contributed by atoms with Gasteiger partial charge in [-0.2, -0.15) is 13.2 Å². The van der Waals surface area contributed by atoms with Gasteiger partial charge in [-0.25, -0.2) is 13.4 Å². The molecule has 0 aliphatic carbocycles. The predicted molar refractivity (Wildman–Crippen MR) is 119 cm³/mol. The maximum atomic E-state index is 13.2. The first-order chi connectivity index (χ1) is 14.9. The molecule has 6 nitrogen and oxygen atoms in total. The minimum Gasteiger partial charge on any atom is -0.338 e. The van der Waals surface area contributed by atoms with E-state index in [1.165, 1.54) is 17.8 Å². The molecule has 1 aromatic carbocycles. The topological polar surface area (TPSA) is 72.3 Å². The van der Waals surface area contributed by atoms with E-state index in [0.717, 1.165) is 12.1 Å². The van der Waals surface area contributed by atoms with Gasteiger partial charge in [0.25, 0.3) is 0 Å². The van der Waals surface area contributed by atoms with Crippen molar-refractivity contribution < 1.29 is 26.4 Å². The second-order valence-electron chi connectivity index (χ2n) is 8.53. The minimum atomic E-state index is -4.45. The number of hydrogen-bond acceptors (Lipinski definition) is 5. The second-order valence-corrected chi connectivity index (χ2v) is 11.7. The van der Waals surface area contributed by atoms with Crippen LogP contribution in [0.2, 0.25) is 0 Å². The molecule has 0 unspecified atom stereocenters. The molecular weight excluding hydrogens is 463 g/mol. The lowest BCUT2D eigenvalue weighted by Gasteiger charge is -2.30. The van der Waals surface area contributed by atoms with Crippen molar-refractivity contribution >= 4 is 38.5 Å². The van der Waals surface area contributed by atoms with Crippen LogP contribution in [0.3, 0.4) is 0 Å². The van der Waals surface area contributed by atoms with E-state index >= 15 is 0 Å². The van der Waals surface area contributed by atoms with Crippen molar-refractivity contribution in [1.82, 2.24) is 14.5 Å². The van der Waals surface area contributed by atoms with Crippen molar-refractivity contribution in [2.24, 2.45) is 5.92 Å². The summed E-state index contributed by atoms with van der Waals surface area (Å²) in [7, 11) is -3.13. The number of alkyl halides is 3. The lowest BCUT2D eigenvalue weighted by molar-refractivity contribution is -0.137.